The van der Waals surface area contributed by atoms with E-state index in [9.17, 15) is 4.79 Å². The summed E-state index contributed by atoms with van der Waals surface area (Å²) < 4.78 is 5.39. The summed E-state index contributed by atoms with van der Waals surface area (Å²) in [4.78, 5) is 23.7. The van der Waals surface area contributed by atoms with E-state index in [0.29, 0.717) is 18.0 Å². The van der Waals surface area contributed by atoms with E-state index in [2.05, 4.69) is 9.97 Å². The standard InChI is InChI=1S/C21H21N3O2/c1-24(13-15-7-4-10-19-16(15)8-5-11-22-19)21(25)17-12-14-6-3-9-18(14)23-20(17)26-2/h4-5,7-8,10-12H,3,6,9,13H2,1-2H3. The molecule has 0 unspecified atom stereocenters. The van der Waals surface area contributed by atoms with Gasteiger partial charge in [0.1, 0.15) is 5.56 Å². The van der Waals surface area contributed by atoms with Crippen LogP contribution in [0.5, 0.6) is 5.88 Å². The lowest BCUT2D eigenvalue weighted by atomic mass is 10.1. The van der Waals surface area contributed by atoms with Crippen molar-refractivity contribution in [1.82, 2.24) is 14.9 Å². The minimum absolute atomic E-state index is 0.0788. The Morgan fingerprint density at radius 2 is 2.12 bits per heavy atom. The molecule has 0 saturated heterocycles. The fraction of sp³-hybridized carbons (Fsp3) is 0.286. The molecule has 1 aromatic carbocycles. The molecule has 0 aliphatic heterocycles. The quantitative estimate of drug-likeness (QED) is 0.726. The first-order chi connectivity index (χ1) is 12.7. The molecule has 0 saturated carbocycles. The number of benzene rings is 1. The first-order valence-corrected chi connectivity index (χ1v) is 8.82. The van der Waals surface area contributed by atoms with Crippen LogP contribution in [0.3, 0.4) is 0 Å². The number of amides is 1. The van der Waals surface area contributed by atoms with Crippen LogP contribution in [0.25, 0.3) is 10.9 Å². The summed E-state index contributed by atoms with van der Waals surface area (Å²) in [7, 11) is 3.38. The highest BCUT2D eigenvalue weighted by Crippen LogP contribution is 2.28. The van der Waals surface area contributed by atoms with Gasteiger partial charge in [0.05, 0.1) is 12.6 Å². The Morgan fingerprint density at radius 3 is 2.96 bits per heavy atom. The van der Waals surface area contributed by atoms with Gasteiger partial charge in [0.2, 0.25) is 5.88 Å². The zero-order valence-corrected chi connectivity index (χ0v) is 15.0. The van der Waals surface area contributed by atoms with Gasteiger partial charge in [-0.2, -0.15) is 0 Å². The molecule has 3 aromatic rings. The number of fused-ring (bicyclic) bond motifs is 2. The van der Waals surface area contributed by atoms with Crippen LogP contribution in [0.2, 0.25) is 0 Å². The average Bonchev–Trinajstić information content (AvgIpc) is 3.14. The molecule has 1 amide bonds. The van der Waals surface area contributed by atoms with Gasteiger partial charge in [-0.25, -0.2) is 4.98 Å². The van der Waals surface area contributed by atoms with E-state index >= 15 is 0 Å². The fourth-order valence-corrected chi connectivity index (χ4v) is 3.60. The van der Waals surface area contributed by atoms with Crippen molar-refractivity contribution in [3.63, 3.8) is 0 Å². The molecular weight excluding hydrogens is 326 g/mol. The SMILES string of the molecule is COc1nc2c(cc1C(=O)N(C)Cc1cccc3ncccc13)CCC2. The zero-order valence-electron chi connectivity index (χ0n) is 15.0. The predicted molar refractivity (Wildman–Crippen MR) is 100 cm³/mol. The summed E-state index contributed by atoms with van der Waals surface area (Å²) in [6.07, 6.45) is 4.80. The lowest BCUT2D eigenvalue weighted by Gasteiger charge is -2.20. The van der Waals surface area contributed by atoms with Gasteiger partial charge >= 0.3 is 0 Å². The summed E-state index contributed by atoms with van der Waals surface area (Å²) in [5, 5.41) is 1.06. The van der Waals surface area contributed by atoms with Gasteiger partial charge in [0.25, 0.3) is 5.91 Å². The van der Waals surface area contributed by atoms with Gasteiger partial charge in [0.15, 0.2) is 0 Å². The number of rotatable bonds is 4. The molecular formula is C21H21N3O2. The first-order valence-electron chi connectivity index (χ1n) is 8.82. The van der Waals surface area contributed by atoms with Crippen LogP contribution in [0.15, 0.2) is 42.6 Å². The lowest BCUT2D eigenvalue weighted by molar-refractivity contribution is 0.0781. The molecule has 1 aliphatic carbocycles. The molecule has 4 rings (SSSR count). The van der Waals surface area contributed by atoms with Crippen LogP contribution in [0, 0.1) is 0 Å². The van der Waals surface area contributed by atoms with E-state index in [4.69, 9.17) is 4.74 Å². The number of aromatic nitrogens is 2. The monoisotopic (exact) mass is 347 g/mol. The van der Waals surface area contributed by atoms with Crippen LogP contribution in [0.1, 0.15) is 33.6 Å². The number of aryl methyl sites for hydroxylation is 2. The molecule has 0 fully saturated rings. The second kappa shape index (κ2) is 6.75. The topological polar surface area (TPSA) is 55.3 Å². The van der Waals surface area contributed by atoms with Crippen LogP contribution in [0.4, 0.5) is 0 Å². The minimum Gasteiger partial charge on any atom is -0.480 e. The summed E-state index contributed by atoms with van der Waals surface area (Å²) >= 11 is 0. The van der Waals surface area contributed by atoms with Gasteiger partial charge < -0.3 is 9.64 Å². The Balaban J connectivity index is 1.64. The van der Waals surface area contributed by atoms with Gasteiger partial charge in [0, 0.05) is 30.9 Å². The largest absolute Gasteiger partial charge is 0.480 e. The Hall–Kier alpha value is -2.95. The smallest absolute Gasteiger partial charge is 0.259 e. The number of methoxy groups -OCH3 is 1. The van der Waals surface area contributed by atoms with E-state index in [0.717, 1.165) is 47.0 Å². The molecule has 5 nitrogen and oxygen atoms in total. The second-order valence-electron chi connectivity index (χ2n) is 6.65. The Kier molecular flexibility index (Phi) is 4.29. The molecule has 132 valence electrons. The molecule has 5 heteroatoms. The fourth-order valence-electron chi connectivity index (χ4n) is 3.60. The molecule has 2 aromatic heterocycles. The molecule has 0 atom stereocenters. The highest BCUT2D eigenvalue weighted by Gasteiger charge is 2.23. The van der Waals surface area contributed by atoms with E-state index in [1.165, 1.54) is 0 Å². The van der Waals surface area contributed by atoms with Crippen molar-refractivity contribution in [2.75, 3.05) is 14.2 Å². The van der Waals surface area contributed by atoms with Gasteiger partial charge in [-0.3, -0.25) is 9.78 Å². The number of hydrogen-bond donors (Lipinski definition) is 0. The highest BCUT2D eigenvalue weighted by atomic mass is 16.5. The third-order valence-electron chi connectivity index (χ3n) is 4.93. The third-order valence-corrected chi connectivity index (χ3v) is 4.93. The Morgan fingerprint density at radius 1 is 1.23 bits per heavy atom. The normalized spacial score (nSPS) is 12.8. The number of carbonyl (C=O) groups is 1. The molecule has 0 radical (unpaired) electrons. The van der Waals surface area contributed by atoms with Gasteiger partial charge in [-0.1, -0.05) is 18.2 Å². The molecule has 2 heterocycles. The zero-order chi connectivity index (χ0) is 18.1. The summed E-state index contributed by atoms with van der Waals surface area (Å²) in [5.41, 5.74) is 4.76. The summed E-state index contributed by atoms with van der Waals surface area (Å²) in [6.45, 7) is 0.502. The van der Waals surface area contributed by atoms with Crippen molar-refractivity contribution in [2.45, 2.75) is 25.8 Å². The maximum absolute atomic E-state index is 13.1. The van der Waals surface area contributed by atoms with Crippen LogP contribution < -0.4 is 4.74 Å². The Labute approximate surface area is 152 Å². The number of pyridine rings is 2. The van der Waals surface area contributed by atoms with Crippen molar-refractivity contribution in [3.05, 3.63) is 65.0 Å². The van der Waals surface area contributed by atoms with Crippen LogP contribution in [-0.2, 0) is 19.4 Å². The van der Waals surface area contributed by atoms with E-state index in [1.807, 2.05) is 43.4 Å². The maximum atomic E-state index is 13.1. The van der Waals surface area contributed by atoms with Crippen LogP contribution >= 0.6 is 0 Å². The maximum Gasteiger partial charge on any atom is 0.259 e. The van der Waals surface area contributed by atoms with Crippen LogP contribution in [-0.4, -0.2) is 34.9 Å². The molecule has 1 aliphatic rings. The Bertz CT molecular complexity index is 979. The third kappa shape index (κ3) is 2.90. The number of ether oxygens (including phenoxy) is 1. The number of hydrogen-bond acceptors (Lipinski definition) is 4. The molecule has 0 spiro atoms. The lowest BCUT2D eigenvalue weighted by Crippen LogP contribution is -2.27. The van der Waals surface area contributed by atoms with Crippen molar-refractivity contribution in [3.8, 4) is 5.88 Å². The predicted octanol–water partition coefficient (Wildman–Crippen LogP) is 3.40. The van der Waals surface area contributed by atoms with E-state index < -0.39 is 0 Å². The van der Waals surface area contributed by atoms with Crippen molar-refractivity contribution >= 4 is 16.8 Å². The number of nitrogens with zero attached hydrogens (tertiary/aromatic N) is 3. The first kappa shape index (κ1) is 16.5. The molecule has 0 N–H and O–H groups in total. The van der Waals surface area contributed by atoms with E-state index in [1.54, 1.807) is 18.2 Å². The van der Waals surface area contributed by atoms with Crippen molar-refractivity contribution < 1.29 is 9.53 Å². The minimum atomic E-state index is -0.0788. The second-order valence-corrected chi connectivity index (χ2v) is 6.65. The van der Waals surface area contributed by atoms with Gasteiger partial charge in [-0.05, 0) is 48.6 Å². The summed E-state index contributed by atoms with van der Waals surface area (Å²) in [5.74, 6) is 0.340. The molecule has 0 bridgehead atoms. The molecule has 26 heavy (non-hydrogen) atoms. The van der Waals surface area contributed by atoms with E-state index in [-0.39, 0.29) is 5.91 Å². The highest BCUT2D eigenvalue weighted by molar-refractivity contribution is 5.96. The van der Waals surface area contributed by atoms with Crippen molar-refractivity contribution in [1.29, 1.82) is 0 Å². The average molecular weight is 347 g/mol. The van der Waals surface area contributed by atoms with Crippen molar-refractivity contribution in [2.24, 2.45) is 0 Å². The summed E-state index contributed by atoms with van der Waals surface area (Å²) in [6, 6.07) is 11.9. The number of carbonyl (C=O) groups excluding carboxylic acids is 1. The van der Waals surface area contributed by atoms with Gasteiger partial charge in [-0.15, -0.1) is 0 Å².